The van der Waals surface area contributed by atoms with Crippen molar-refractivity contribution < 1.29 is 23.8 Å². The van der Waals surface area contributed by atoms with Gasteiger partial charge in [-0.3, -0.25) is 4.68 Å². The Labute approximate surface area is 212 Å². The Balaban J connectivity index is 1.63. The van der Waals surface area contributed by atoms with Crippen molar-refractivity contribution in [2.75, 3.05) is 26.9 Å². The molecule has 36 heavy (non-hydrogen) atoms. The van der Waals surface area contributed by atoms with Crippen molar-refractivity contribution in [3.63, 3.8) is 0 Å². The fourth-order valence-electron chi connectivity index (χ4n) is 5.15. The first-order valence-electron chi connectivity index (χ1n) is 12.7. The molecule has 0 saturated heterocycles. The lowest BCUT2D eigenvalue weighted by molar-refractivity contribution is -0.142. The molecule has 0 bridgehead atoms. The molecule has 2 aromatic carbocycles. The van der Waals surface area contributed by atoms with E-state index in [1.165, 1.54) is 0 Å². The van der Waals surface area contributed by atoms with Crippen LogP contribution in [0.4, 0.5) is 4.39 Å². The molecule has 7 heteroatoms. The molecule has 0 atom stereocenters. The van der Waals surface area contributed by atoms with Crippen LogP contribution < -0.4 is 0 Å². The summed E-state index contributed by atoms with van der Waals surface area (Å²) >= 11 is 0. The van der Waals surface area contributed by atoms with Crippen molar-refractivity contribution in [2.24, 2.45) is 11.8 Å². The van der Waals surface area contributed by atoms with Gasteiger partial charge in [-0.2, -0.15) is 5.10 Å². The summed E-state index contributed by atoms with van der Waals surface area (Å²) in [5, 5.41) is 13.8. The first-order chi connectivity index (χ1) is 17.5. The number of ether oxygens (including phenoxy) is 2. The van der Waals surface area contributed by atoms with Crippen LogP contribution in [0, 0.1) is 24.6 Å². The molecule has 0 amide bonds. The summed E-state index contributed by atoms with van der Waals surface area (Å²) < 4.78 is 28.0. The summed E-state index contributed by atoms with van der Waals surface area (Å²) in [4.78, 5) is 10.7. The number of aryl methyl sites for hydroxylation is 1. The van der Waals surface area contributed by atoms with E-state index in [4.69, 9.17) is 19.7 Å². The summed E-state index contributed by atoms with van der Waals surface area (Å²) in [5.74, 6) is -0.359. The standard InChI is InChI=1S/C29H35FN2O4/c1-20-8-13-24(25(30)16-20)29-28(23-6-4-3-5-7-23)26(14-15-35-2)32(31-29)17-21-9-11-22(12-10-21)18-36-19-27(33)34/h3-8,13,16,21-22H,9-12,14-15,17-19H2,1-2H3,(H,33,34)/t21-,22+. The number of carboxylic acid groups (broad SMARTS) is 1. The van der Waals surface area contributed by atoms with Gasteiger partial charge in [0.25, 0.3) is 0 Å². The molecule has 192 valence electrons. The number of carboxylic acids is 1. The highest BCUT2D eigenvalue weighted by atomic mass is 19.1. The number of aromatic nitrogens is 2. The number of halogens is 1. The maximum atomic E-state index is 15.2. The number of carbonyl (C=O) groups is 1. The third-order valence-corrected chi connectivity index (χ3v) is 7.02. The van der Waals surface area contributed by atoms with Gasteiger partial charge in [0.1, 0.15) is 18.1 Å². The smallest absolute Gasteiger partial charge is 0.329 e. The molecular formula is C29H35FN2O4. The van der Waals surface area contributed by atoms with Gasteiger partial charge >= 0.3 is 5.97 Å². The van der Waals surface area contributed by atoms with Crippen LogP contribution in [-0.4, -0.2) is 47.8 Å². The Bertz CT molecular complexity index is 1150. The van der Waals surface area contributed by atoms with Crippen molar-refractivity contribution in [1.82, 2.24) is 9.78 Å². The SMILES string of the molecule is COCCc1c(-c2ccccc2)c(-c2ccc(C)cc2F)nn1C[C@H]1CC[C@@H](COCC(=O)O)CC1. The highest BCUT2D eigenvalue weighted by molar-refractivity contribution is 5.83. The summed E-state index contributed by atoms with van der Waals surface area (Å²) in [7, 11) is 1.69. The molecule has 1 aromatic heterocycles. The van der Waals surface area contributed by atoms with Gasteiger partial charge in [0.15, 0.2) is 0 Å². The Morgan fingerprint density at radius 1 is 1.11 bits per heavy atom. The average Bonchev–Trinajstić information content (AvgIpc) is 3.21. The van der Waals surface area contributed by atoms with Crippen LogP contribution in [0.25, 0.3) is 22.4 Å². The molecule has 1 N–H and O–H groups in total. The largest absolute Gasteiger partial charge is 0.480 e. The predicted molar refractivity (Wildman–Crippen MR) is 137 cm³/mol. The van der Waals surface area contributed by atoms with Gasteiger partial charge in [-0.1, -0.05) is 36.4 Å². The summed E-state index contributed by atoms with van der Waals surface area (Å²) in [6.45, 7) is 3.45. The van der Waals surface area contributed by atoms with E-state index in [1.54, 1.807) is 13.2 Å². The number of hydrogen-bond donors (Lipinski definition) is 1. The second-order valence-electron chi connectivity index (χ2n) is 9.74. The molecule has 1 saturated carbocycles. The number of rotatable bonds is 11. The van der Waals surface area contributed by atoms with Crippen LogP contribution in [0.15, 0.2) is 48.5 Å². The molecule has 0 aliphatic heterocycles. The van der Waals surface area contributed by atoms with Crippen molar-refractivity contribution in [1.29, 1.82) is 0 Å². The Morgan fingerprint density at radius 3 is 2.50 bits per heavy atom. The zero-order valence-corrected chi connectivity index (χ0v) is 21.1. The Morgan fingerprint density at radius 2 is 1.83 bits per heavy atom. The fraction of sp³-hybridized carbons (Fsp3) is 0.448. The maximum absolute atomic E-state index is 15.2. The topological polar surface area (TPSA) is 73.6 Å². The van der Waals surface area contributed by atoms with E-state index in [0.29, 0.717) is 42.7 Å². The minimum absolute atomic E-state index is 0.239. The van der Waals surface area contributed by atoms with Crippen molar-refractivity contribution >= 4 is 5.97 Å². The molecular weight excluding hydrogens is 459 g/mol. The Kier molecular flexibility index (Phi) is 8.88. The van der Waals surface area contributed by atoms with E-state index in [2.05, 4.69) is 16.8 Å². The first-order valence-corrected chi connectivity index (χ1v) is 12.7. The van der Waals surface area contributed by atoms with Crippen LogP contribution in [0.2, 0.25) is 0 Å². The molecule has 0 radical (unpaired) electrons. The van der Waals surface area contributed by atoms with Gasteiger partial charge in [0, 0.05) is 36.9 Å². The predicted octanol–water partition coefficient (Wildman–Crippen LogP) is 5.76. The fourth-order valence-corrected chi connectivity index (χ4v) is 5.15. The maximum Gasteiger partial charge on any atom is 0.329 e. The molecule has 0 unspecified atom stereocenters. The number of hydrogen-bond acceptors (Lipinski definition) is 4. The zero-order chi connectivity index (χ0) is 25.5. The van der Waals surface area contributed by atoms with E-state index in [9.17, 15) is 4.79 Å². The lowest BCUT2D eigenvalue weighted by Gasteiger charge is -2.28. The van der Waals surface area contributed by atoms with Crippen LogP contribution in [0.3, 0.4) is 0 Å². The molecule has 1 aliphatic rings. The van der Waals surface area contributed by atoms with E-state index < -0.39 is 5.97 Å². The van der Waals surface area contributed by atoms with Crippen molar-refractivity contribution in [3.05, 3.63) is 65.6 Å². The normalized spacial score (nSPS) is 17.9. The molecule has 0 spiro atoms. The van der Waals surface area contributed by atoms with E-state index in [-0.39, 0.29) is 12.4 Å². The quantitative estimate of drug-likeness (QED) is 0.367. The number of methoxy groups -OCH3 is 1. The summed E-state index contributed by atoms with van der Waals surface area (Å²) in [5.41, 5.74) is 5.09. The van der Waals surface area contributed by atoms with Gasteiger partial charge in [-0.15, -0.1) is 0 Å². The molecule has 3 aromatic rings. The van der Waals surface area contributed by atoms with Gasteiger partial charge in [0.2, 0.25) is 0 Å². The minimum atomic E-state index is -0.930. The third kappa shape index (κ3) is 6.39. The van der Waals surface area contributed by atoms with Crippen molar-refractivity contribution in [3.8, 4) is 22.4 Å². The molecule has 1 heterocycles. The molecule has 4 rings (SSSR count). The van der Waals surface area contributed by atoms with Gasteiger partial charge in [0.05, 0.1) is 13.2 Å². The molecule has 1 aliphatic carbocycles. The highest BCUT2D eigenvalue weighted by Crippen LogP contribution is 2.38. The van der Waals surface area contributed by atoms with E-state index in [0.717, 1.165) is 54.6 Å². The van der Waals surface area contributed by atoms with E-state index in [1.807, 2.05) is 37.3 Å². The number of benzene rings is 2. The second-order valence-corrected chi connectivity index (χ2v) is 9.74. The van der Waals surface area contributed by atoms with Crippen LogP contribution in [0.1, 0.15) is 36.9 Å². The lowest BCUT2D eigenvalue weighted by atomic mass is 9.82. The van der Waals surface area contributed by atoms with Gasteiger partial charge in [-0.05, 0) is 67.7 Å². The van der Waals surface area contributed by atoms with Gasteiger partial charge in [-0.25, -0.2) is 9.18 Å². The number of nitrogens with zero attached hydrogens (tertiary/aromatic N) is 2. The van der Waals surface area contributed by atoms with Crippen molar-refractivity contribution in [2.45, 2.75) is 45.6 Å². The highest BCUT2D eigenvalue weighted by Gasteiger charge is 2.26. The Hall–Kier alpha value is -3.03. The monoisotopic (exact) mass is 494 g/mol. The average molecular weight is 495 g/mol. The van der Waals surface area contributed by atoms with Crippen LogP contribution in [-0.2, 0) is 27.2 Å². The molecule has 6 nitrogen and oxygen atoms in total. The second kappa shape index (κ2) is 12.3. The third-order valence-electron chi connectivity index (χ3n) is 7.02. The zero-order valence-electron chi connectivity index (χ0n) is 21.1. The first kappa shape index (κ1) is 26.0. The summed E-state index contributed by atoms with van der Waals surface area (Å²) in [6, 6.07) is 15.4. The molecule has 1 fully saturated rings. The minimum Gasteiger partial charge on any atom is -0.480 e. The van der Waals surface area contributed by atoms with Crippen LogP contribution in [0.5, 0.6) is 0 Å². The summed E-state index contributed by atoms with van der Waals surface area (Å²) in [6.07, 6.45) is 4.74. The van der Waals surface area contributed by atoms with Gasteiger partial charge < -0.3 is 14.6 Å². The number of aliphatic carboxylic acids is 1. The van der Waals surface area contributed by atoms with E-state index >= 15 is 4.39 Å². The lowest BCUT2D eigenvalue weighted by Crippen LogP contribution is -2.24. The van der Waals surface area contributed by atoms with Crippen LogP contribution >= 0.6 is 0 Å².